The summed E-state index contributed by atoms with van der Waals surface area (Å²) in [4.78, 5) is 42.1. The van der Waals surface area contributed by atoms with Gasteiger partial charge in [-0.2, -0.15) is 0 Å². The van der Waals surface area contributed by atoms with Crippen molar-refractivity contribution in [2.75, 3.05) is 26.6 Å². The largest absolute Gasteiger partial charge is 0.356 e. The second kappa shape index (κ2) is 15.2. The number of nitro groups is 4. The molecule has 0 aromatic heterocycles. The Labute approximate surface area is 299 Å². The zero-order valence-corrected chi connectivity index (χ0v) is 27.3. The Morgan fingerprint density at radius 2 is 0.528 bits per heavy atom. The number of hydrogen-bond acceptors (Lipinski definition) is 13. The number of rotatable bonds is 14. The lowest BCUT2D eigenvalue weighted by molar-refractivity contribution is -0.393. The van der Waals surface area contributed by atoms with E-state index in [1.807, 2.05) is 48.5 Å². The van der Waals surface area contributed by atoms with Gasteiger partial charge in [-0.05, 0) is 109 Å². The van der Waals surface area contributed by atoms with E-state index in [9.17, 15) is 40.5 Å². The van der Waals surface area contributed by atoms with Gasteiger partial charge in [-0.15, -0.1) is 0 Å². The molecular weight excluding hydrogens is 686 g/mol. The molecule has 0 saturated carbocycles. The summed E-state index contributed by atoms with van der Waals surface area (Å²) in [6.07, 6.45) is 0. The summed E-state index contributed by atoms with van der Waals surface area (Å²) < 4.78 is 0. The summed E-state index contributed by atoms with van der Waals surface area (Å²) in [5.41, 5.74) is 4.79. The third-order valence-electron chi connectivity index (χ3n) is 7.74. The van der Waals surface area contributed by atoms with Crippen molar-refractivity contribution in [2.24, 2.45) is 0 Å². The van der Waals surface area contributed by atoms with E-state index in [1.54, 1.807) is 48.5 Å². The first-order chi connectivity index (χ1) is 25.5. The molecule has 0 atom stereocenters. The molecule has 0 aliphatic rings. The molecule has 0 fully saturated rings. The van der Waals surface area contributed by atoms with Crippen molar-refractivity contribution in [2.45, 2.75) is 0 Å². The van der Waals surface area contributed by atoms with Crippen LogP contribution in [0.3, 0.4) is 0 Å². The minimum Gasteiger partial charge on any atom is -0.356 e. The van der Waals surface area contributed by atoms with Crippen molar-refractivity contribution in [3.05, 3.63) is 174 Å². The Kier molecular flexibility index (Phi) is 9.98. The van der Waals surface area contributed by atoms with Crippen LogP contribution in [0.1, 0.15) is 0 Å². The molecule has 0 radical (unpaired) electrons. The van der Waals surface area contributed by atoms with Gasteiger partial charge in [0.05, 0.1) is 31.8 Å². The summed E-state index contributed by atoms with van der Waals surface area (Å²) in [6, 6.07) is 36.2. The predicted molar refractivity (Wildman–Crippen MR) is 202 cm³/mol. The lowest BCUT2D eigenvalue weighted by atomic mass is 10.2. The molecule has 6 rings (SSSR count). The van der Waals surface area contributed by atoms with Crippen LogP contribution in [0.2, 0.25) is 0 Å². The fourth-order valence-corrected chi connectivity index (χ4v) is 5.14. The van der Waals surface area contributed by atoms with E-state index in [4.69, 9.17) is 0 Å². The molecular formula is C36H27N9O8. The van der Waals surface area contributed by atoms with Crippen molar-refractivity contribution < 1.29 is 19.7 Å². The number of benzene rings is 6. The van der Waals surface area contributed by atoms with Crippen LogP contribution in [0.5, 0.6) is 0 Å². The van der Waals surface area contributed by atoms with Gasteiger partial charge in [-0.25, -0.2) is 0 Å². The number of hydrogen-bond donors (Lipinski definition) is 5. The molecule has 264 valence electrons. The highest BCUT2D eigenvalue weighted by molar-refractivity contribution is 5.75. The fourth-order valence-electron chi connectivity index (χ4n) is 5.14. The van der Waals surface area contributed by atoms with E-state index < -0.39 is 31.1 Å². The van der Waals surface area contributed by atoms with Gasteiger partial charge in [0.25, 0.3) is 22.7 Å². The van der Waals surface area contributed by atoms with Crippen LogP contribution in [-0.2, 0) is 0 Å². The molecule has 5 N–H and O–H groups in total. The Morgan fingerprint density at radius 1 is 0.302 bits per heavy atom. The van der Waals surface area contributed by atoms with E-state index in [0.29, 0.717) is 11.4 Å². The number of non-ortho nitro benzene ring substituents is 2. The van der Waals surface area contributed by atoms with Gasteiger partial charge in [0.15, 0.2) is 0 Å². The standard InChI is InChI=1S/C36H27N9O8/c46-42(47)31-17-19-33(35(21-31)44(50)51)40-29-13-9-27(10-14-29)38-25-5-1-23(2-6-25)37-24-3-7-26(8-4-24)39-28-11-15-30(16-12-28)41-34-20-18-32(43(48)49)22-36(34)45(52)53/h1-22,37-41H. The Balaban J connectivity index is 1.01. The Morgan fingerprint density at radius 3 is 0.736 bits per heavy atom. The molecule has 17 heteroatoms. The smallest absolute Gasteiger partial charge is 0.299 e. The summed E-state index contributed by atoms with van der Waals surface area (Å²) in [5.74, 6) is 0. The number of nitro benzene ring substituents is 4. The highest BCUT2D eigenvalue weighted by atomic mass is 16.6. The topological polar surface area (TPSA) is 233 Å². The van der Waals surface area contributed by atoms with Crippen molar-refractivity contribution in [3.8, 4) is 0 Å². The fraction of sp³-hybridized carbons (Fsp3) is 0. The first kappa shape index (κ1) is 34.8. The summed E-state index contributed by atoms with van der Waals surface area (Å²) >= 11 is 0. The maximum Gasteiger partial charge on any atom is 0.299 e. The zero-order valence-electron chi connectivity index (χ0n) is 27.3. The highest BCUT2D eigenvalue weighted by Crippen LogP contribution is 2.34. The summed E-state index contributed by atoms with van der Waals surface area (Å²) in [6.45, 7) is 0. The molecule has 0 amide bonds. The quantitative estimate of drug-likeness (QED) is 0.0523. The molecule has 0 spiro atoms. The number of nitrogens with zero attached hydrogens (tertiary/aromatic N) is 4. The minimum atomic E-state index is -0.685. The van der Waals surface area contributed by atoms with E-state index in [2.05, 4.69) is 26.6 Å². The number of nitrogens with one attached hydrogen (secondary N) is 5. The second-order valence-corrected chi connectivity index (χ2v) is 11.4. The molecule has 6 aromatic carbocycles. The van der Waals surface area contributed by atoms with Gasteiger partial charge in [0.1, 0.15) is 11.4 Å². The molecule has 0 heterocycles. The van der Waals surface area contributed by atoms with E-state index in [1.165, 1.54) is 24.3 Å². The van der Waals surface area contributed by atoms with Crippen LogP contribution < -0.4 is 26.6 Å². The van der Waals surface area contributed by atoms with Gasteiger partial charge in [-0.3, -0.25) is 40.5 Å². The van der Waals surface area contributed by atoms with Crippen LogP contribution in [0.25, 0.3) is 0 Å². The third-order valence-corrected chi connectivity index (χ3v) is 7.74. The van der Waals surface area contributed by atoms with E-state index in [-0.39, 0.29) is 22.7 Å². The average molecular weight is 714 g/mol. The Hall–Kier alpha value is -8.08. The normalized spacial score (nSPS) is 10.5. The minimum absolute atomic E-state index is 0.135. The van der Waals surface area contributed by atoms with Crippen LogP contribution in [0.15, 0.2) is 133 Å². The number of anilines is 10. The van der Waals surface area contributed by atoms with Crippen molar-refractivity contribution >= 4 is 79.6 Å². The monoisotopic (exact) mass is 713 g/mol. The molecule has 17 nitrogen and oxygen atoms in total. The summed E-state index contributed by atoms with van der Waals surface area (Å²) in [7, 11) is 0. The highest BCUT2D eigenvalue weighted by Gasteiger charge is 2.21. The second-order valence-electron chi connectivity index (χ2n) is 11.4. The lowest BCUT2D eigenvalue weighted by Crippen LogP contribution is -1.99. The first-order valence-corrected chi connectivity index (χ1v) is 15.6. The lowest BCUT2D eigenvalue weighted by Gasteiger charge is -2.12. The predicted octanol–water partition coefficient (Wildman–Crippen LogP) is 10.0. The van der Waals surface area contributed by atoms with Crippen molar-refractivity contribution in [1.82, 2.24) is 0 Å². The molecule has 0 bridgehead atoms. The van der Waals surface area contributed by atoms with Crippen LogP contribution in [-0.4, -0.2) is 19.7 Å². The van der Waals surface area contributed by atoms with E-state index in [0.717, 1.165) is 46.3 Å². The van der Waals surface area contributed by atoms with Gasteiger partial charge in [0, 0.05) is 57.6 Å². The molecule has 53 heavy (non-hydrogen) atoms. The first-order valence-electron chi connectivity index (χ1n) is 15.6. The summed E-state index contributed by atoms with van der Waals surface area (Å²) in [5, 5.41) is 60.7. The third kappa shape index (κ3) is 8.75. The van der Waals surface area contributed by atoms with Gasteiger partial charge >= 0.3 is 0 Å². The van der Waals surface area contributed by atoms with Crippen LogP contribution in [0, 0.1) is 40.5 Å². The molecule has 0 saturated heterocycles. The van der Waals surface area contributed by atoms with Gasteiger partial charge in [0.2, 0.25) is 0 Å². The SMILES string of the molecule is O=[N+]([O-])c1ccc(Nc2ccc(Nc3ccc(Nc4ccc(Nc5ccc(Nc6ccc([N+](=O)[O-])cc6[N+](=O)[O-])cc5)cc4)cc3)cc2)c([N+](=O)[O-])c1. The maximum atomic E-state index is 11.4. The molecule has 0 unspecified atom stereocenters. The van der Waals surface area contributed by atoms with Crippen molar-refractivity contribution in [3.63, 3.8) is 0 Å². The van der Waals surface area contributed by atoms with Crippen molar-refractivity contribution in [1.29, 1.82) is 0 Å². The molecule has 0 aliphatic carbocycles. The van der Waals surface area contributed by atoms with Gasteiger partial charge in [-0.1, -0.05) is 0 Å². The van der Waals surface area contributed by atoms with Gasteiger partial charge < -0.3 is 26.6 Å². The molecule has 0 aliphatic heterocycles. The van der Waals surface area contributed by atoms with Crippen LogP contribution >= 0.6 is 0 Å². The Bertz CT molecular complexity index is 2150. The van der Waals surface area contributed by atoms with E-state index >= 15 is 0 Å². The zero-order chi connectivity index (χ0) is 37.5. The van der Waals surface area contributed by atoms with Crippen LogP contribution in [0.4, 0.5) is 79.6 Å². The maximum absolute atomic E-state index is 11.4. The molecule has 6 aromatic rings. The average Bonchev–Trinajstić information content (AvgIpc) is 3.15.